The van der Waals surface area contributed by atoms with Crippen molar-refractivity contribution < 1.29 is 9.13 Å². The Morgan fingerprint density at radius 2 is 2.05 bits per heavy atom. The fourth-order valence-electron chi connectivity index (χ4n) is 1.85. The van der Waals surface area contributed by atoms with Crippen LogP contribution in [0.25, 0.3) is 0 Å². The van der Waals surface area contributed by atoms with Crippen LogP contribution in [0.3, 0.4) is 0 Å². The van der Waals surface area contributed by atoms with Gasteiger partial charge in [0.2, 0.25) is 11.8 Å². The SMILES string of the molecule is COc1nc(N(C)C(C)c2ccccc2F)ncc1Br. The third-order valence-electron chi connectivity index (χ3n) is 3.14. The second kappa shape index (κ2) is 6.17. The van der Waals surface area contributed by atoms with E-state index in [1.807, 2.05) is 20.0 Å². The first kappa shape index (κ1) is 14.7. The quantitative estimate of drug-likeness (QED) is 0.853. The van der Waals surface area contributed by atoms with E-state index >= 15 is 0 Å². The van der Waals surface area contributed by atoms with E-state index in [1.165, 1.54) is 13.2 Å². The molecule has 0 radical (unpaired) electrons. The number of rotatable bonds is 4. The molecule has 0 bridgehead atoms. The molecule has 0 saturated heterocycles. The van der Waals surface area contributed by atoms with E-state index in [1.54, 1.807) is 23.2 Å². The van der Waals surface area contributed by atoms with Gasteiger partial charge in [0.25, 0.3) is 0 Å². The fourth-order valence-corrected chi connectivity index (χ4v) is 2.20. The number of hydrogen-bond acceptors (Lipinski definition) is 4. The van der Waals surface area contributed by atoms with Gasteiger partial charge in [0.1, 0.15) is 5.82 Å². The Morgan fingerprint density at radius 1 is 1.35 bits per heavy atom. The van der Waals surface area contributed by atoms with Gasteiger partial charge in [-0.2, -0.15) is 4.98 Å². The van der Waals surface area contributed by atoms with E-state index in [2.05, 4.69) is 25.9 Å². The maximum absolute atomic E-state index is 13.8. The molecule has 0 fully saturated rings. The summed E-state index contributed by atoms with van der Waals surface area (Å²) in [7, 11) is 3.36. The summed E-state index contributed by atoms with van der Waals surface area (Å²) in [6.45, 7) is 1.90. The molecule has 1 atom stereocenters. The molecule has 0 spiro atoms. The maximum Gasteiger partial charge on any atom is 0.232 e. The van der Waals surface area contributed by atoms with Crippen LogP contribution in [0.5, 0.6) is 5.88 Å². The lowest BCUT2D eigenvalue weighted by Gasteiger charge is -2.25. The minimum atomic E-state index is -0.240. The molecular weight excluding hydrogens is 325 g/mol. The smallest absolute Gasteiger partial charge is 0.232 e. The normalized spacial score (nSPS) is 12.1. The number of benzene rings is 1. The molecule has 2 rings (SSSR count). The molecule has 0 saturated carbocycles. The third-order valence-corrected chi connectivity index (χ3v) is 3.69. The van der Waals surface area contributed by atoms with Crippen molar-refractivity contribution in [2.45, 2.75) is 13.0 Å². The van der Waals surface area contributed by atoms with E-state index in [4.69, 9.17) is 4.74 Å². The van der Waals surface area contributed by atoms with E-state index < -0.39 is 0 Å². The first-order valence-corrected chi connectivity index (χ1v) is 6.87. The summed E-state index contributed by atoms with van der Waals surface area (Å²) in [5.41, 5.74) is 0.598. The Balaban J connectivity index is 2.31. The zero-order chi connectivity index (χ0) is 14.7. The van der Waals surface area contributed by atoms with Gasteiger partial charge in [-0.05, 0) is 28.9 Å². The van der Waals surface area contributed by atoms with Gasteiger partial charge in [-0.1, -0.05) is 18.2 Å². The van der Waals surface area contributed by atoms with E-state index in [9.17, 15) is 4.39 Å². The van der Waals surface area contributed by atoms with Crippen LogP contribution in [0.2, 0.25) is 0 Å². The van der Waals surface area contributed by atoms with Gasteiger partial charge in [0.15, 0.2) is 0 Å². The van der Waals surface area contributed by atoms with Gasteiger partial charge < -0.3 is 9.64 Å². The summed E-state index contributed by atoms with van der Waals surface area (Å²) in [4.78, 5) is 10.3. The number of hydrogen-bond donors (Lipinski definition) is 0. The van der Waals surface area contributed by atoms with Crippen LogP contribution < -0.4 is 9.64 Å². The molecule has 6 heteroatoms. The van der Waals surface area contributed by atoms with Crippen molar-refractivity contribution in [2.24, 2.45) is 0 Å². The van der Waals surface area contributed by atoms with Crippen molar-refractivity contribution in [3.63, 3.8) is 0 Å². The number of ether oxygens (including phenoxy) is 1. The molecule has 4 nitrogen and oxygen atoms in total. The van der Waals surface area contributed by atoms with Crippen LogP contribution in [-0.4, -0.2) is 24.1 Å². The molecule has 0 aliphatic carbocycles. The van der Waals surface area contributed by atoms with Crippen molar-refractivity contribution >= 4 is 21.9 Å². The Morgan fingerprint density at radius 3 is 2.70 bits per heavy atom. The molecule has 1 aromatic heterocycles. The first-order valence-electron chi connectivity index (χ1n) is 6.08. The van der Waals surface area contributed by atoms with E-state index in [0.29, 0.717) is 21.9 Å². The highest BCUT2D eigenvalue weighted by atomic mass is 79.9. The van der Waals surface area contributed by atoms with Crippen LogP contribution in [0.4, 0.5) is 10.3 Å². The third kappa shape index (κ3) is 2.90. The first-order chi connectivity index (χ1) is 9.54. The van der Waals surface area contributed by atoms with Crippen LogP contribution in [0, 0.1) is 5.82 Å². The zero-order valence-corrected chi connectivity index (χ0v) is 13.1. The lowest BCUT2D eigenvalue weighted by Crippen LogP contribution is -2.24. The maximum atomic E-state index is 13.8. The molecule has 1 heterocycles. The molecule has 0 amide bonds. The van der Waals surface area contributed by atoms with Gasteiger partial charge in [-0.15, -0.1) is 0 Å². The molecule has 0 aliphatic heterocycles. The van der Waals surface area contributed by atoms with Crippen molar-refractivity contribution in [1.29, 1.82) is 0 Å². The highest BCUT2D eigenvalue weighted by Gasteiger charge is 2.18. The van der Waals surface area contributed by atoms with Crippen molar-refractivity contribution in [1.82, 2.24) is 9.97 Å². The number of aromatic nitrogens is 2. The van der Waals surface area contributed by atoms with Gasteiger partial charge in [0, 0.05) is 12.6 Å². The van der Waals surface area contributed by atoms with Crippen molar-refractivity contribution in [3.05, 3.63) is 46.3 Å². The van der Waals surface area contributed by atoms with Crippen LogP contribution in [0.15, 0.2) is 34.9 Å². The molecule has 106 valence electrons. The summed E-state index contributed by atoms with van der Waals surface area (Å²) >= 11 is 3.30. The molecule has 1 aromatic carbocycles. The molecular formula is C14H15BrFN3O. The minimum Gasteiger partial charge on any atom is -0.480 e. The number of nitrogens with zero attached hydrogens (tertiary/aromatic N) is 3. The van der Waals surface area contributed by atoms with Crippen LogP contribution in [-0.2, 0) is 0 Å². The Bertz CT molecular complexity index is 609. The van der Waals surface area contributed by atoms with E-state index in [0.717, 1.165) is 0 Å². The second-order valence-electron chi connectivity index (χ2n) is 4.34. The van der Waals surface area contributed by atoms with Gasteiger partial charge in [-0.25, -0.2) is 9.37 Å². The lowest BCUT2D eigenvalue weighted by atomic mass is 10.1. The summed E-state index contributed by atoms with van der Waals surface area (Å²) in [6.07, 6.45) is 1.62. The van der Waals surface area contributed by atoms with Crippen LogP contribution >= 0.6 is 15.9 Å². The molecule has 20 heavy (non-hydrogen) atoms. The predicted molar refractivity (Wildman–Crippen MR) is 79.5 cm³/mol. The molecule has 0 aliphatic rings. The van der Waals surface area contributed by atoms with Gasteiger partial charge >= 0.3 is 0 Å². The Hall–Kier alpha value is -1.69. The summed E-state index contributed by atoms with van der Waals surface area (Å²) < 4.78 is 19.6. The number of methoxy groups -OCH3 is 1. The molecule has 1 unspecified atom stereocenters. The number of halogens is 2. The van der Waals surface area contributed by atoms with E-state index in [-0.39, 0.29) is 11.9 Å². The fraction of sp³-hybridized carbons (Fsp3) is 0.286. The van der Waals surface area contributed by atoms with Gasteiger partial charge in [-0.3, -0.25) is 0 Å². The predicted octanol–water partition coefficient (Wildman–Crippen LogP) is 3.58. The highest BCUT2D eigenvalue weighted by molar-refractivity contribution is 9.10. The standard InChI is InChI=1S/C14H15BrFN3O/c1-9(10-6-4-5-7-12(10)16)19(2)14-17-8-11(15)13(18-14)20-3/h4-9H,1-3H3. The minimum absolute atomic E-state index is 0.193. The Labute approximate surface area is 125 Å². The lowest BCUT2D eigenvalue weighted by molar-refractivity contribution is 0.393. The summed E-state index contributed by atoms with van der Waals surface area (Å²) in [5.74, 6) is 0.680. The topological polar surface area (TPSA) is 38.2 Å². The second-order valence-corrected chi connectivity index (χ2v) is 5.19. The molecule has 2 aromatic rings. The van der Waals surface area contributed by atoms with Crippen molar-refractivity contribution in [2.75, 3.05) is 19.1 Å². The average Bonchev–Trinajstić information content (AvgIpc) is 2.47. The van der Waals surface area contributed by atoms with Crippen molar-refractivity contribution in [3.8, 4) is 5.88 Å². The highest BCUT2D eigenvalue weighted by Crippen LogP contribution is 2.28. The summed E-state index contributed by atoms with van der Waals surface area (Å²) in [6, 6.07) is 6.49. The average molecular weight is 340 g/mol. The largest absolute Gasteiger partial charge is 0.480 e. The zero-order valence-electron chi connectivity index (χ0n) is 11.5. The number of anilines is 1. The Kier molecular flexibility index (Phi) is 4.54. The van der Waals surface area contributed by atoms with Crippen LogP contribution in [0.1, 0.15) is 18.5 Å². The monoisotopic (exact) mass is 339 g/mol. The van der Waals surface area contributed by atoms with Gasteiger partial charge in [0.05, 0.1) is 23.8 Å². The summed E-state index contributed by atoms with van der Waals surface area (Å²) in [5, 5.41) is 0. The molecule has 0 N–H and O–H groups in total.